The fourth-order valence-corrected chi connectivity index (χ4v) is 2.09. The van der Waals surface area contributed by atoms with E-state index in [1.807, 2.05) is 6.07 Å². The van der Waals surface area contributed by atoms with Crippen molar-refractivity contribution in [2.75, 3.05) is 0 Å². The Hall–Kier alpha value is -2.40. The minimum absolute atomic E-state index is 0.108. The van der Waals surface area contributed by atoms with E-state index in [0.717, 1.165) is 11.8 Å². The van der Waals surface area contributed by atoms with Gasteiger partial charge in [-0.2, -0.15) is 0 Å². The van der Waals surface area contributed by atoms with Crippen LogP contribution in [0.25, 0.3) is 16.8 Å². The van der Waals surface area contributed by atoms with Crippen LogP contribution in [-0.4, -0.2) is 19.9 Å². The van der Waals surface area contributed by atoms with Gasteiger partial charge in [0.1, 0.15) is 24.2 Å². The van der Waals surface area contributed by atoms with Crippen LogP contribution in [0.5, 0.6) is 5.75 Å². The molecule has 6 heteroatoms. The van der Waals surface area contributed by atoms with Gasteiger partial charge < -0.3 is 5.11 Å². The number of rotatable bonds is 2. The minimum atomic E-state index is -0.534. The quantitative estimate of drug-likeness (QED) is 0.786. The minimum Gasteiger partial charge on any atom is -0.506 e. The lowest BCUT2D eigenvalue weighted by molar-refractivity contribution is 0.469. The van der Waals surface area contributed by atoms with Crippen LogP contribution in [0.2, 0.25) is 5.02 Å². The molecular formula is C14H9ClFN3O. The van der Waals surface area contributed by atoms with Gasteiger partial charge in [-0.1, -0.05) is 23.7 Å². The first-order valence-corrected chi connectivity index (χ1v) is 6.16. The second kappa shape index (κ2) is 4.94. The number of phenolic OH excluding ortho intramolecular Hbond substituents is 1. The summed E-state index contributed by atoms with van der Waals surface area (Å²) in [7, 11) is 0. The maximum atomic E-state index is 13.9. The van der Waals surface area contributed by atoms with Crippen LogP contribution in [0.1, 0.15) is 0 Å². The van der Waals surface area contributed by atoms with E-state index >= 15 is 0 Å². The van der Waals surface area contributed by atoms with Gasteiger partial charge in [0.15, 0.2) is 0 Å². The molecule has 0 saturated heterocycles. The molecule has 0 fully saturated rings. The average molecular weight is 290 g/mol. The Morgan fingerprint density at radius 2 is 1.85 bits per heavy atom. The van der Waals surface area contributed by atoms with Gasteiger partial charge in [0.2, 0.25) is 0 Å². The molecule has 0 amide bonds. The Morgan fingerprint density at radius 3 is 2.60 bits per heavy atom. The van der Waals surface area contributed by atoms with Gasteiger partial charge in [-0.25, -0.2) is 4.39 Å². The van der Waals surface area contributed by atoms with Crippen molar-refractivity contribution in [2.24, 2.45) is 0 Å². The molecule has 1 heterocycles. The topological polar surface area (TPSA) is 50.9 Å². The third-order valence-corrected chi connectivity index (χ3v) is 3.21. The van der Waals surface area contributed by atoms with Crippen molar-refractivity contribution in [3.05, 3.63) is 59.9 Å². The summed E-state index contributed by atoms with van der Waals surface area (Å²) >= 11 is 5.83. The molecule has 3 rings (SSSR count). The van der Waals surface area contributed by atoms with E-state index in [1.54, 1.807) is 35.4 Å². The summed E-state index contributed by atoms with van der Waals surface area (Å²) in [6, 6.07) is 9.60. The van der Waals surface area contributed by atoms with E-state index in [-0.39, 0.29) is 10.8 Å². The van der Waals surface area contributed by atoms with Crippen molar-refractivity contribution >= 4 is 11.6 Å². The highest BCUT2D eigenvalue weighted by atomic mass is 35.5. The summed E-state index contributed by atoms with van der Waals surface area (Å²) in [5.41, 5.74) is 1.77. The van der Waals surface area contributed by atoms with Crippen LogP contribution < -0.4 is 0 Å². The molecule has 100 valence electrons. The first-order valence-electron chi connectivity index (χ1n) is 5.78. The molecule has 0 aliphatic heterocycles. The standard InChI is InChI=1S/C14H9ClFN3O/c15-12-5-11(13(16)6-14(12)20)9-2-1-3-10(4-9)19-7-17-18-8-19/h1-8,20H. The van der Waals surface area contributed by atoms with Gasteiger partial charge in [-0.3, -0.25) is 4.57 Å². The molecule has 3 aromatic rings. The zero-order valence-electron chi connectivity index (χ0n) is 10.2. The number of phenols is 1. The fraction of sp³-hybridized carbons (Fsp3) is 0. The Balaban J connectivity index is 2.12. The molecule has 0 atom stereocenters. The number of hydrogen-bond acceptors (Lipinski definition) is 3. The number of aromatic hydroxyl groups is 1. The second-order valence-corrected chi connectivity index (χ2v) is 4.61. The van der Waals surface area contributed by atoms with E-state index in [2.05, 4.69) is 10.2 Å². The van der Waals surface area contributed by atoms with Crippen molar-refractivity contribution in [3.8, 4) is 22.6 Å². The Bertz CT molecular complexity index is 759. The summed E-state index contributed by atoms with van der Waals surface area (Å²) in [5.74, 6) is -0.810. The monoisotopic (exact) mass is 289 g/mol. The van der Waals surface area contributed by atoms with Crippen molar-refractivity contribution < 1.29 is 9.50 Å². The van der Waals surface area contributed by atoms with Gasteiger partial charge in [0, 0.05) is 17.3 Å². The third kappa shape index (κ3) is 2.23. The van der Waals surface area contributed by atoms with Crippen LogP contribution >= 0.6 is 11.6 Å². The summed E-state index contributed by atoms with van der Waals surface area (Å²) in [4.78, 5) is 0. The molecule has 2 aromatic carbocycles. The first-order chi connectivity index (χ1) is 9.65. The summed E-state index contributed by atoms with van der Waals surface area (Å²) in [6.45, 7) is 0. The molecule has 0 radical (unpaired) electrons. The number of benzene rings is 2. The molecule has 1 aromatic heterocycles. The molecule has 20 heavy (non-hydrogen) atoms. The Kier molecular flexibility index (Phi) is 3.12. The zero-order valence-corrected chi connectivity index (χ0v) is 10.9. The van der Waals surface area contributed by atoms with Crippen LogP contribution in [0.4, 0.5) is 4.39 Å². The molecule has 0 bridgehead atoms. The van der Waals surface area contributed by atoms with E-state index < -0.39 is 5.82 Å². The molecule has 0 aliphatic carbocycles. The molecule has 0 spiro atoms. The molecular weight excluding hydrogens is 281 g/mol. The summed E-state index contributed by atoms with van der Waals surface area (Å²) < 4.78 is 15.7. The first kappa shape index (κ1) is 12.6. The van der Waals surface area contributed by atoms with Crippen LogP contribution in [0, 0.1) is 5.82 Å². The lowest BCUT2D eigenvalue weighted by atomic mass is 10.0. The lowest BCUT2D eigenvalue weighted by Crippen LogP contribution is -1.91. The maximum Gasteiger partial charge on any atom is 0.137 e. The van der Waals surface area contributed by atoms with Crippen LogP contribution in [0.15, 0.2) is 49.1 Å². The second-order valence-electron chi connectivity index (χ2n) is 4.20. The highest BCUT2D eigenvalue weighted by Crippen LogP contribution is 2.32. The van der Waals surface area contributed by atoms with Crippen LogP contribution in [-0.2, 0) is 0 Å². The highest BCUT2D eigenvalue weighted by Gasteiger charge is 2.10. The number of aromatic nitrogens is 3. The predicted octanol–water partition coefficient (Wildman–Crippen LogP) is 3.43. The van der Waals surface area contributed by atoms with Gasteiger partial charge >= 0.3 is 0 Å². The molecule has 1 N–H and O–H groups in total. The molecule has 0 saturated carbocycles. The van der Waals surface area contributed by atoms with Gasteiger partial charge in [0.05, 0.1) is 5.02 Å². The number of nitrogens with zero attached hydrogens (tertiary/aromatic N) is 3. The van der Waals surface area contributed by atoms with Crippen molar-refractivity contribution in [2.45, 2.75) is 0 Å². The van der Waals surface area contributed by atoms with Gasteiger partial charge in [0.25, 0.3) is 0 Å². The average Bonchev–Trinajstić information content (AvgIpc) is 2.97. The summed E-state index contributed by atoms with van der Waals surface area (Å²) in [6.07, 6.45) is 3.11. The van der Waals surface area contributed by atoms with E-state index in [0.29, 0.717) is 11.1 Å². The normalized spacial score (nSPS) is 10.7. The number of hydrogen-bond donors (Lipinski definition) is 1. The SMILES string of the molecule is Oc1cc(F)c(-c2cccc(-n3cnnc3)c2)cc1Cl. The van der Waals surface area contributed by atoms with Crippen molar-refractivity contribution in [3.63, 3.8) is 0 Å². The van der Waals surface area contributed by atoms with Crippen molar-refractivity contribution in [1.82, 2.24) is 14.8 Å². The van der Waals surface area contributed by atoms with Gasteiger partial charge in [-0.15, -0.1) is 10.2 Å². The lowest BCUT2D eigenvalue weighted by Gasteiger charge is -2.08. The van der Waals surface area contributed by atoms with Crippen LogP contribution in [0.3, 0.4) is 0 Å². The number of halogens is 2. The maximum absolute atomic E-state index is 13.9. The smallest absolute Gasteiger partial charge is 0.137 e. The summed E-state index contributed by atoms with van der Waals surface area (Å²) in [5, 5.41) is 16.9. The van der Waals surface area contributed by atoms with E-state index in [4.69, 9.17) is 11.6 Å². The van der Waals surface area contributed by atoms with E-state index in [9.17, 15) is 9.50 Å². The van der Waals surface area contributed by atoms with Crippen molar-refractivity contribution in [1.29, 1.82) is 0 Å². The highest BCUT2D eigenvalue weighted by molar-refractivity contribution is 6.32. The molecule has 0 unspecified atom stereocenters. The fourth-order valence-electron chi connectivity index (χ4n) is 1.93. The van der Waals surface area contributed by atoms with Gasteiger partial charge in [-0.05, 0) is 23.8 Å². The largest absolute Gasteiger partial charge is 0.506 e. The molecule has 4 nitrogen and oxygen atoms in total. The Labute approximate surface area is 119 Å². The zero-order chi connectivity index (χ0) is 14.1. The predicted molar refractivity (Wildman–Crippen MR) is 73.4 cm³/mol. The van der Waals surface area contributed by atoms with E-state index in [1.165, 1.54) is 6.07 Å². The Morgan fingerprint density at radius 1 is 1.10 bits per heavy atom. The third-order valence-electron chi connectivity index (χ3n) is 2.91. The molecule has 0 aliphatic rings.